The molecule has 0 bridgehead atoms. The second-order valence-electron chi connectivity index (χ2n) is 4.96. The summed E-state index contributed by atoms with van der Waals surface area (Å²) in [4.78, 5) is 25.6. The molecule has 1 aromatic carbocycles. The third-order valence-corrected chi connectivity index (χ3v) is 3.60. The molecule has 0 saturated carbocycles. The van der Waals surface area contributed by atoms with Gasteiger partial charge in [0.05, 0.1) is 11.6 Å². The fourth-order valence-corrected chi connectivity index (χ4v) is 2.58. The Balaban J connectivity index is 1.78. The molecule has 5 nitrogen and oxygen atoms in total. The highest BCUT2D eigenvalue weighted by atomic mass is 16.2. The van der Waals surface area contributed by atoms with E-state index in [-0.39, 0.29) is 17.5 Å². The molecule has 3 rings (SSSR count). The van der Waals surface area contributed by atoms with Gasteiger partial charge in [-0.25, -0.2) is 0 Å². The van der Waals surface area contributed by atoms with Crippen molar-refractivity contribution >= 4 is 11.6 Å². The van der Waals surface area contributed by atoms with Crippen molar-refractivity contribution in [2.24, 2.45) is 0 Å². The number of H-pyrrole nitrogens is 1. The molecular weight excluding hydrogens is 254 g/mol. The van der Waals surface area contributed by atoms with Gasteiger partial charge in [0.15, 0.2) is 0 Å². The molecule has 5 heteroatoms. The number of aryl methyl sites for hydroxylation is 1. The van der Waals surface area contributed by atoms with Gasteiger partial charge in [0, 0.05) is 18.0 Å². The third kappa shape index (κ3) is 2.30. The van der Waals surface area contributed by atoms with E-state index in [0.29, 0.717) is 5.56 Å². The molecule has 1 atom stereocenters. The van der Waals surface area contributed by atoms with Crippen LogP contribution in [0.25, 0.3) is 0 Å². The molecule has 0 radical (unpaired) electrons. The predicted molar refractivity (Wildman–Crippen MR) is 76.4 cm³/mol. The Morgan fingerprint density at radius 3 is 2.90 bits per heavy atom. The SMILES string of the molecule is Nc1ccc2c(c1)CCC2NC(=O)c1ccc(=O)[nH]c1. The molecule has 1 aliphatic rings. The Morgan fingerprint density at radius 2 is 2.15 bits per heavy atom. The van der Waals surface area contributed by atoms with Gasteiger partial charge >= 0.3 is 0 Å². The van der Waals surface area contributed by atoms with E-state index in [4.69, 9.17) is 5.73 Å². The highest BCUT2D eigenvalue weighted by Crippen LogP contribution is 2.32. The van der Waals surface area contributed by atoms with Gasteiger partial charge in [-0.3, -0.25) is 9.59 Å². The van der Waals surface area contributed by atoms with E-state index in [0.717, 1.165) is 24.1 Å². The standard InChI is InChI=1S/C15H15N3O2/c16-11-3-4-12-9(7-11)1-5-13(12)18-15(20)10-2-6-14(19)17-8-10/h2-4,6-8,13H,1,5,16H2,(H,17,19)(H,18,20). The minimum Gasteiger partial charge on any atom is -0.399 e. The summed E-state index contributed by atoms with van der Waals surface area (Å²) in [5.74, 6) is -0.184. The highest BCUT2D eigenvalue weighted by Gasteiger charge is 2.24. The molecule has 4 N–H and O–H groups in total. The number of anilines is 1. The quantitative estimate of drug-likeness (QED) is 0.719. The minimum absolute atomic E-state index is 0.00466. The fraction of sp³-hybridized carbons (Fsp3) is 0.200. The van der Waals surface area contributed by atoms with E-state index in [1.54, 1.807) is 0 Å². The van der Waals surface area contributed by atoms with Crippen molar-refractivity contribution in [3.05, 3.63) is 63.6 Å². The molecular formula is C15H15N3O2. The molecule has 0 aliphatic heterocycles. The van der Waals surface area contributed by atoms with E-state index in [1.807, 2.05) is 18.2 Å². The lowest BCUT2D eigenvalue weighted by atomic mass is 10.1. The summed E-state index contributed by atoms with van der Waals surface area (Å²) in [6, 6.07) is 8.65. The highest BCUT2D eigenvalue weighted by molar-refractivity contribution is 5.94. The Hall–Kier alpha value is -2.56. The van der Waals surface area contributed by atoms with Gasteiger partial charge in [-0.2, -0.15) is 0 Å². The Kier molecular flexibility index (Phi) is 3.02. The van der Waals surface area contributed by atoms with Crippen LogP contribution in [0.1, 0.15) is 33.9 Å². The summed E-state index contributed by atoms with van der Waals surface area (Å²) < 4.78 is 0. The van der Waals surface area contributed by atoms with Crippen LogP contribution in [-0.4, -0.2) is 10.9 Å². The number of nitrogen functional groups attached to an aromatic ring is 1. The molecule has 1 unspecified atom stereocenters. The van der Waals surface area contributed by atoms with Crippen molar-refractivity contribution in [2.45, 2.75) is 18.9 Å². The number of pyridine rings is 1. The molecule has 20 heavy (non-hydrogen) atoms. The van der Waals surface area contributed by atoms with Crippen molar-refractivity contribution < 1.29 is 4.79 Å². The van der Waals surface area contributed by atoms with Crippen molar-refractivity contribution in [1.82, 2.24) is 10.3 Å². The Labute approximate surface area is 115 Å². The Bertz CT molecular complexity index is 701. The maximum atomic E-state index is 12.1. The normalized spacial score (nSPS) is 16.7. The largest absolute Gasteiger partial charge is 0.399 e. The maximum Gasteiger partial charge on any atom is 0.253 e. The van der Waals surface area contributed by atoms with Crippen LogP contribution in [0.2, 0.25) is 0 Å². The number of carbonyl (C=O) groups excluding carboxylic acids is 1. The zero-order chi connectivity index (χ0) is 14.1. The number of fused-ring (bicyclic) bond motifs is 1. The van der Waals surface area contributed by atoms with Crippen LogP contribution < -0.4 is 16.6 Å². The average molecular weight is 269 g/mol. The molecule has 1 aliphatic carbocycles. The second-order valence-corrected chi connectivity index (χ2v) is 4.96. The lowest BCUT2D eigenvalue weighted by Gasteiger charge is -2.14. The van der Waals surface area contributed by atoms with Crippen molar-refractivity contribution in [3.63, 3.8) is 0 Å². The molecule has 102 valence electrons. The van der Waals surface area contributed by atoms with Crippen LogP contribution in [0.15, 0.2) is 41.3 Å². The minimum atomic E-state index is -0.219. The zero-order valence-corrected chi connectivity index (χ0v) is 10.8. The molecule has 0 fully saturated rings. The number of nitrogens with one attached hydrogen (secondary N) is 2. The van der Waals surface area contributed by atoms with Gasteiger partial charge in [0.1, 0.15) is 0 Å². The number of nitrogens with two attached hydrogens (primary N) is 1. The van der Waals surface area contributed by atoms with Crippen molar-refractivity contribution in [2.75, 3.05) is 5.73 Å². The van der Waals surface area contributed by atoms with E-state index in [2.05, 4.69) is 10.3 Å². The van der Waals surface area contributed by atoms with Crippen LogP contribution in [0.3, 0.4) is 0 Å². The van der Waals surface area contributed by atoms with Crippen LogP contribution in [-0.2, 0) is 6.42 Å². The summed E-state index contributed by atoms with van der Waals surface area (Å²) in [5.41, 5.74) is 9.06. The number of aromatic nitrogens is 1. The number of hydrogen-bond acceptors (Lipinski definition) is 3. The number of carbonyl (C=O) groups is 1. The molecule has 1 heterocycles. The van der Waals surface area contributed by atoms with Gasteiger partial charge in [-0.1, -0.05) is 6.07 Å². The molecule has 1 amide bonds. The first-order valence-electron chi connectivity index (χ1n) is 6.51. The lowest BCUT2D eigenvalue weighted by molar-refractivity contribution is 0.0936. The lowest BCUT2D eigenvalue weighted by Crippen LogP contribution is -2.27. The van der Waals surface area contributed by atoms with Gasteiger partial charge < -0.3 is 16.0 Å². The summed E-state index contributed by atoms with van der Waals surface area (Å²) >= 11 is 0. The topological polar surface area (TPSA) is 88.0 Å². The molecule has 0 saturated heterocycles. The van der Waals surface area contributed by atoms with Gasteiger partial charge in [-0.05, 0) is 42.2 Å². The third-order valence-electron chi connectivity index (χ3n) is 3.60. The smallest absolute Gasteiger partial charge is 0.253 e. The first-order chi connectivity index (χ1) is 9.63. The monoisotopic (exact) mass is 269 g/mol. The second kappa shape index (κ2) is 4.85. The summed E-state index contributed by atoms with van der Waals surface area (Å²) in [5, 5.41) is 2.99. The number of aromatic amines is 1. The van der Waals surface area contributed by atoms with Crippen molar-refractivity contribution in [1.29, 1.82) is 0 Å². The van der Waals surface area contributed by atoms with E-state index in [9.17, 15) is 9.59 Å². The van der Waals surface area contributed by atoms with Crippen LogP contribution in [0.4, 0.5) is 5.69 Å². The van der Waals surface area contributed by atoms with E-state index >= 15 is 0 Å². The molecule has 2 aromatic rings. The number of benzene rings is 1. The number of hydrogen-bond donors (Lipinski definition) is 3. The van der Waals surface area contributed by atoms with E-state index < -0.39 is 0 Å². The van der Waals surface area contributed by atoms with E-state index in [1.165, 1.54) is 23.9 Å². The molecule has 0 spiro atoms. The fourth-order valence-electron chi connectivity index (χ4n) is 2.58. The summed E-state index contributed by atoms with van der Waals surface area (Å²) in [6.45, 7) is 0. The first-order valence-corrected chi connectivity index (χ1v) is 6.51. The maximum absolute atomic E-state index is 12.1. The van der Waals surface area contributed by atoms with Crippen LogP contribution >= 0.6 is 0 Å². The van der Waals surface area contributed by atoms with Crippen LogP contribution in [0, 0.1) is 0 Å². The van der Waals surface area contributed by atoms with Crippen molar-refractivity contribution in [3.8, 4) is 0 Å². The molecule has 1 aromatic heterocycles. The summed E-state index contributed by atoms with van der Waals surface area (Å²) in [6.07, 6.45) is 3.21. The van der Waals surface area contributed by atoms with Gasteiger partial charge in [0.2, 0.25) is 5.56 Å². The average Bonchev–Trinajstić information content (AvgIpc) is 2.81. The first kappa shape index (κ1) is 12.5. The number of rotatable bonds is 2. The Morgan fingerprint density at radius 1 is 1.30 bits per heavy atom. The van der Waals surface area contributed by atoms with Crippen LogP contribution in [0.5, 0.6) is 0 Å². The zero-order valence-electron chi connectivity index (χ0n) is 10.8. The van der Waals surface area contributed by atoms with Gasteiger partial charge in [0.25, 0.3) is 5.91 Å². The van der Waals surface area contributed by atoms with Gasteiger partial charge in [-0.15, -0.1) is 0 Å². The predicted octanol–water partition coefficient (Wildman–Crippen LogP) is 1.37. The summed E-state index contributed by atoms with van der Waals surface area (Å²) in [7, 11) is 0. The number of amides is 1.